The fourth-order valence-corrected chi connectivity index (χ4v) is 1.36. The quantitative estimate of drug-likeness (QED) is 0.514. The van der Waals surface area contributed by atoms with Crippen LogP contribution < -0.4 is 0 Å². The van der Waals surface area contributed by atoms with Crippen molar-refractivity contribution in [2.45, 2.75) is 41.0 Å². The highest BCUT2D eigenvalue weighted by Crippen LogP contribution is 2.24. The molecule has 0 bridgehead atoms. The van der Waals surface area contributed by atoms with E-state index in [1.165, 1.54) is 6.42 Å². The lowest BCUT2D eigenvalue weighted by Crippen LogP contribution is -2.09. The van der Waals surface area contributed by atoms with Gasteiger partial charge in [-0.2, -0.15) is 0 Å². The third kappa shape index (κ3) is 5.87. The molecule has 0 nitrogen and oxygen atoms in total. The van der Waals surface area contributed by atoms with Gasteiger partial charge in [0.05, 0.1) is 0 Å². The van der Waals surface area contributed by atoms with Crippen molar-refractivity contribution in [2.24, 2.45) is 11.3 Å². The highest BCUT2D eigenvalue weighted by atomic mass is 14.2. The Bertz CT molecular complexity index is 104. The van der Waals surface area contributed by atoms with Crippen LogP contribution >= 0.6 is 0 Å². The summed E-state index contributed by atoms with van der Waals surface area (Å²) in [5.74, 6) is 0.727. The van der Waals surface area contributed by atoms with E-state index in [0.29, 0.717) is 5.41 Å². The van der Waals surface area contributed by atoms with Crippen molar-refractivity contribution in [3.05, 3.63) is 12.2 Å². The van der Waals surface area contributed by atoms with Gasteiger partial charge < -0.3 is 0 Å². The van der Waals surface area contributed by atoms with Crippen LogP contribution in [0, 0.1) is 11.3 Å². The molecule has 1 atom stereocenters. The van der Waals surface area contributed by atoms with Gasteiger partial charge in [0.1, 0.15) is 0 Å². The Morgan fingerprint density at radius 3 is 2.10 bits per heavy atom. The molecule has 0 fully saturated rings. The van der Waals surface area contributed by atoms with Crippen molar-refractivity contribution in [3.8, 4) is 0 Å². The summed E-state index contributed by atoms with van der Waals surface area (Å²) in [5, 5.41) is 0. The van der Waals surface area contributed by atoms with Crippen LogP contribution in [0.3, 0.4) is 0 Å². The lowest BCUT2D eigenvalue weighted by Gasteiger charge is -2.20. The Kier molecular flexibility index (Phi) is 3.70. The van der Waals surface area contributed by atoms with E-state index in [0.717, 1.165) is 5.92 Å². The summed E-state index contributed by atoms with van der Waals surface area (Å²) in [7, 11) is 0. The molecule has 60 valence electrons. The molecule has 10 heavy (non-hydrogen) atoms. The first-order valence-electron chi connectivity index (χ1n) is 4.08. The predicted octanol–water partition coefficient (Wildman–Crippen LogP) is 3.63. The van der Waals surface area contributed by atoms with Gasteiger partial charge in [-0.05, 0) is 24.7 Å². The van der Waals surface area contributed by atoms with Gasteiger partial charge in [0.25, 0.3) is 0 Å². The minimum atomic E-state index is 0.471. The largest absolute Gasteiger partial charge is 0.0914 e. The molecule has 0 aromatic rings. The summed E-state index contributed by atoms with van der Waals surface area (Å²) < 4.78 is 0. The maximum Gasteiger partial charge on any atom is -0.0257 e. The normalized spacial score (nSPS) is 16.1. The molecule has 0 aliphatic heterocycles. The number of rotatable bonds is 2. The molecule has 0 N–H and O–H groups in total. The van der Waals surface area contributed by atoms with Crippen molar-refractivity contribution in [2.75, 3.05) is 0 Å². The van der Waals surface area contributed by atoms with Gasteiger partial charge in [-0.1, -0.05) is 39.8 Å². The van der Waals surface area contributed by atoms with Crippen LogP contribution in [0.2, 0.25) is 0 Å². The third-order valence-corrected chi connectivity index (χ3v) is 1.46. The Morgan fingerprint density at radius 2 is 1.80 bits per heavy atom. The average molecular weight is 140 g/mol. The Balaban J connectivity index is 3.68. The monoisotopic (exact) mass is 140 g/mol. The van der Waals surface area contributed by atoms with Gasteiger partial charge in [-0.15, -0.1) is 0 Å². The molecule has 0 heteroatoms. The van der Waals surface area contributed by atoms with E-state index >= 15 is 0 Å². The van der Waals surface area contributed by atoms with Crippen LogP contribution in [0.5, 0.6) is 0 Å². The second-order valence-electron chi connectivity index (χ2n) is 4.27. The highest BCUT2D eigenvalue weighted by molar-refractivity contribution is 4.85. The van der Waals surface area contributed by atoms with Crippen molar-refractivity contribution in [1.29, 1.82) is 0 Å². The van der Waals surface area contributed by atoms with Gasteiger partial charge in [0.15, 0.2) is 0 Å². The van der Waals surface area contributed by atoms with Crippen LogP contribution in [0.15, 0.2) is 12.2 Å². The summed E-state index contributed by atoms with van der Waals surface area (Å²) in [6.07, 6.45) is 5.68. The van der Waals surface area contributed by atoms with Gasteiger partial charge in [-0.3, -0.25) is 0 Å². The minimum absolute atomic E-state index is 0.471. The van der Waals surface area contributed by atoms with Gasteiger partial charge >= 0.3 is 0 Å². The van der Waals surface area contributed by atoms with Crippen LogP contribution in [0.4, 0.5) is 0 Å². The summed E-state index contributed by atoms with van der Waals surface area (Å²) in [5.41, 5.74) is 0.471. The van der Waals surface area contributed by atoms with E-state index in [2.05, 4.69) is 46.8 Å². The van der Waals surface area contributed by atoms with Crippen molar-refractivity contribution in [3.63, 3.8) is 0 Å². The second kappa shape index (κ2) is 3.80. The van der Waals surface area contributed by atoms with Crippen molar-refractivity contribution in [1.82, 2.24) is 0 Å². The smallest absolute Gasteiger partial charge is 0.0257 e. The lowest BCUT2D eigenvalue weighted by molar-refractivity contribution is 0.337. The first kappa shape index (κ1) is 9.74. The van der Waals surface area contributed by atoms with Crippen LogP contribution in [-0.2, 0) is 0 Å². The predicted molar refractivity (Wildman–Crippen MR) is 48.1 cm³/mol. The standard InChI is InChI=1S/C10H20/c1-6-7-9(2)8-10(3,4)5/h6-7,9H,8H2,1-5H3. The molecule has 1 unspecified atom stereocenters. The first-order valence-corrected chi connectivity index (χ1v) is 4.08. The van der Waals surface area contributed by atoms with Crippen molar-refractivity contribution < 1.29 is 0 Å². The topological polar surface area (TPSA) is 0 Å². The van der Waals surface area contributed by atoms with E-state index in [-0.39, 0.29) is 0 Å². The molecule has 0 heterocycles. The van der Waals surface area contributed by atoms with Gasteiger partial charge in [0.2, 0.25) is 0 Å². The fraction of sp³-hybridized carbons (Fsp3) is 0.800. The molecule has 0 saturated carbocycles. The number of allylic oxidation sites excluding steroid dienone is 2. The van der Waals surface area contributed by atoms with Gasteiger partial charge in [0, 0.05) is 0 Å². The van der Waals surface area contributed by atoms with Crippen molar-refractivity contribution >= 4 is 0 Å². The zero-order chi connectivity index (χ0) is 8.20. The molecule has 0 saturated heterocycles. The molecule has 0 spiro atoms. The Labute approximate surface area is 65.3 Å². The molecule has 0 amide bonds. The molecule has 0 rings (SSSR count). The Morgan fingerprint density at radius 1 is 1.30 bits per heavy atom. The Hall–Kier alpha value is -0.260. The molecule has 0 aliphatic carbocycles. The van der Waals surface area contributed by atoms with Crippen LogP contribution in [-0.4, -0.2) is 0 Å². The van der Waals surface area contributed by atoms with Crippen LogP contribution in [0.25, 0.3) is 0 Å². The third-order valence-electron chi connectivity index (χ3n) is 1.46. The molecular weight excluding hydrogens is 120 g/mol. The zero-order valence-electron chi connectivity index (χ0n) is 7.94. The second-order valence-corrected chi connectivity index (χ2v) is 4.27. The zero-order valence-corrected chi connectivity index (χ0v) is 7.94. The van der Waals surface area contributed by atoms with Crippen LogP contribution in [0.1, 0.15) is 41.0 Å². The van der Waals surface area contributed by atoms with E-state index in [4.69, 9.17) is 0 Å². The molecular formula is C10H20. The van der Waals surface area contributed by atoms with E-state index in [1.54, 1.807) is 0 Å². The maximum absolute atomic E-state index is 2.28. The van der Waals surface area contributed by atoms with E-state index in [1.807, 2.05) is 0 Å². The molecule has 0 radical (unpaired) electrons. The lowest BCUT2D eigenvalue weighted by atomic mass is 9.85. The first-order chi connectivity index (χ1) is 4.45. The van der Waals surface area contributed by atoms with E-state index in [9.17, 15) is 0 Å². The summed E-state index contributed by atoms with van der Waals surface area (Å²) in [6, 6.07) is 0. The average Bonchev–Trinajstić information content (AvgIpc) is 1.59. The molecule has 0 aromatic heterocycles. The fourth-order valence-electron chi connectivity index (χ4n) is 1.36. The highest BCUT2D eigenvalue weighted by Gasteiger charge is 2.12. The molecule has 0 aromatic carbocycles. The summed E-state index contributed by atoms with van der Waals surface area (Å²) in [4.78, 5) is 0. The SMILES string of the molecule is CC=CC(C)CC(C)(C)C. The van der Waals surface area contributed by atoms with E-state index < -0.39 is 0 Å². The summed E-state index contributed by atoms with van der Waals surface area (Å²) in [6.45, 7) is 11.2. The number of hydrogen-bond donors (Lipinski definition) is 0. The maximum atomic E-state index is 2.28. The minimum Gasteiger partial charge on any atom is -0.0914 e. The molecule has 0 aliphatic rings. The number of hydrogen-bond acceptors (Lipinski definition) is 0. The summed E-state index contributed by atoms with van der Waals surface area (Å²) >= 11 is 0. The van der Waals surface area contributed by atoms with Gasteiger partial charge in [-0.25, -0.2) is 0 Å².